The largest absolute Gasteiger partial charge is 0.379 e. The molecule has 0 unspecified atom stereocenters. The smallest absolute Gasteiger partial charge is 0.314 e. The molecule has 2 aliphatic rings. The molecular weight excluding hydrogens is 262 g/mol. The summed E-state index contributed by atoms with van der Waals surface area (Å²) < 4.78 is 5.45. The van der Waals surface area contributed by atoms with E-state index in [9.17, 15) is 4.79 Å². The molecule has 0 aliphatic carbocycles. The highest BCUT2D eigenvalue weighted by Gasteiger charge is 2.39. The molecule has 19 heavy (non-hydrogen) atoms. The fourth-order valence-corrected chi connectivity index (χ4v) is 4.11. The highest BCUT2D eigenvalue weighted by atomic mass is 32.2. The molecule has 0 atom stereocenters. The Kier molecular flexibility index (Phi) is 5.78. The number of hydrogen-bond donors (Lipinski definition) is 2. The van der Waals surface area contributed by atoms with Crippen LogP contribution < -0.4 is 10.6 Å². The molecule has 2 aliphatic heterocycles. The summed E-state index contributed by atoms with van der Waals surface area (Å²) in [6.45, 7) is 6.97. The Hall–Kier alpha value is -0.460. The lowest BCUT2D eigenvalue weighted by Gasteiger charge is -2.47. The summed E-state index contributed by atoms with van der Waals surface area (Å²) in [5, 5.41) is 5.86. The summed E-state index contributed by atoms with van der Waals surface area (Å²) in [6, 6.07) is -0.0478. The first kappa shape index (κ1) is 14.9. The van der Waals surface area contributed by atoms with Gasteiger partial charge in [0.15, 0.2) is 0 Å². The van der Waals surface area contributed by atoms with Crippen molar-refractivity contribution in [1.29, 1.82) is 0 Å². The summed E-state index contributed by atoms with van der Waals surface area (Å²) in [6.07, 6.45) is 2.31. The van der Waals surface area contributed by atoms with Crippen LogP contribution in [-0.4, -0.2) is 67.4 Å². The zero-order chi connectivity index (χ0) is 13.6. The maximum Gasteiger partial charge on any atom is 0.314 e. The molecular formula is C13H25N3O2S. The number of amides is 2. The van der Waals surface area contributed by atoms with E-state index >= 15 is 0 Å². The van der Waals surface area contributed by atoms with Gasteiger partial charge in [-0.25, -0.2) is 4.79 Å². The van der Waals surface area contributed by atoms with Crippen molar-refractivity contribution in [3.8, 4) is 0 Å². The summed E-state index contributed by atoms with van der Waals surface area (Å²) in [5.74, 6) is 2.38. The number of nitrogens with zero attached hydrogens (tertiary/aromatic N) is 1. The van der Waals surface area contributed by atoms with E-state index in [2.05, 4.69) is 15.5 Å². The van der Waals surface area contributed by atoms with Crippen molar-refractivity contribution in [1.82, 2.24) is 15.5 Å². The third-order valence-electron chi connectivity index (χ3n) is 4.02. The van der Waals surface area contributed by atoms with Gasteiger partial charge in [-0.3, -0.25) is 4.90 Å². The molecule has 0 spiro atoms. The zero-order valence-corrected chi connectivity index (χ0v) is 12.6. The highest BCUT2D eigenvalue weighted by Crippen LogP contribution is 2.32. The molecule has 2 amide bonds. The predicted octanol–water partition coefficient (Wildman–Crippen LogP) is 0.903. The lowest BCUT2D eigenvalue weighted by Crippen LogP contribution is -2.61. The number of urea groups is 1. The van der Waals surface area contributed by atoms with Gasteiger partial charge in [-0.2, -0.15) is 11.8 Å². The molecule has 110 valence electrons. The van der Waals surface area contributed by atoms with Crippen LogP contribution in [0, 0.1) is 0 Å². The Labute approximate surface area is 119 Å². The molecule has 2 N–H and O–H groups in total. The van der Waals surface area contributed by atoms with Crippen molar-refractivity contribution in [3.05, 3.63) is 0 Å². The Morgan fingerprint density at radius 3 is 2.58 bits per heavy atom. The standard InChI is InChI=1S/C13H25N3O2S/c1-2-14-12(17)15-11-13(3-9-19-10-4-13)16-5-7-18-8-6-16/h2-11H2,1H3,(H2,14,15,17). The summed E-state index contributed by atoms with van der Waals surface area (Å²) >= 11 is 2.02. The maximum absolute atomic E-state index is 11.6. The van der Waals surface area contributed by atoms with E-state index in [1.807, 2.05) is 18.7 Å². The number of carbonyl (C=O) groups excluding carboxylic acids is 1. The minimum Gasteiger partial charge on any atom is -0.379 e. The molecule has 0 saturated carbocycles. The van der Waals surface area contributed by atoms with Gasteiger partial charge in [-0.15, -0.1) is 0 Å². The molecule has 2 saturated heterocycles. The average molecular weight is 287 g/mol. The normalized spacial score (nSPS) is 23.8. The lowest BCUT2D eigenvalue weighted by atomic mass is 9.89. The molecule has 5 nitrogen and oxygen atoms in total. The average Bonchev–Trinajstić information content (AvgIpc) is 2.47. The fourth-order valence-electron chi connectivity index (χ4n) is 2.86. The number of nitrogens with one attached hydrogen (secondary N) is 2. The van der Waals surface area contributed by atoms with E-state index in [4.69, 9.17) is 4.74 Å². The summed E-state index contributed by atoms with van der Waals surface area (Å²) in [4.78, 5) is 14.2. The van der Waals surface area contributed by atoms with E-state index < -0.39 is 0 Å². The van der Waals surface area contributed by atoms with Gasteiger partial charge in [0, 0.05) is 31.7 Å². The second kappa shape index (κ2) is 7.36. The molecule has 0 aromatic rings. The number of carbonyl (C=O) groups is 1. The molecule has 2 rings (SSSR count). The van der Waals surface area contributed by atoms with Crippen LogP contribution in [-0.2, 0) is 4.74 Å². The number of hydrogen-bond acceptors (Lipinski definition) is 4. The third kappa shape index (κ3) is 4.00. The first-order valence-electron chi connectivity index (χ1n) is 7.19. The second-order valence-electron chi connectivity index (χ2n) is 5.15. The predicted molar refractivity (Wildman–Crippen MR) is 78.8 cm³/mol. The lowest BCUT2D eigenvalue weighted by molar-refractivity contribution is -0.0250. The molecule has 0 aromatic carbocycles. The molecule has 6 heteroatoms. The van der Waals surface area contributed by atoms with Crippen LogP contribution in [0.5, 0.6) is 0 Å². The summed E-state index contributed by atoms with van der Waals surface area (Å²) in [7, 11) is 0. The molecule has 0 aromatic heterocycles. The minimum absolute atomic E-state index is 0.0478. The van der Waals surface area contributed by atoms with Crippen molar-refractivity contribution >= 4 is 17.8 Å². The van der Waals surface area contributed by atoms with Crippen molar-refractivity contribution < 1.29 is 9.53 Å². The molecule has 2 heterocycles. The zero-order valence-electron chi connectivity index (χ0n) is 11.7. The SMILES string of the molecule is CCNC(=O)NCC1(N2CCOCC2)CCSCC1. The van der Waals surface area contributed by atoms with Crippen molar-refractivity contribution in [2.75, 3.05) is 50.9 Å². The number of thioether (sulfide) groups is 1. The Balaban J connectivity index is 1.95. The van der Waals surface area contributed by atoms with Crippen LogP contribution in [0.4, 0.5) is 4.79 Å². The highest BCUT2D eigenvalue weighted by molar-refractivity contribution is 7.99. The maximum atomic E-state index is 11.6. The van der Waals surface area contributed by atoms with Crippen LogP contribution >= 0.6 is 11.8 Å². The summed E-state index contributed by atoms with van der Waals surface area (Å²) in [5.41, 5.74) is 0.139. The van der Waals surface area contributed by atoms with E-state index in [0.29, 0.717) is 6.54 Å². The monoisotopic (exact) mass is 287 g/mol. The second-order valence-corrected chi connectivity index (χ2v) is 6.37. The minimum atomic E-state index is -0.0478. The number of rotatable bonds is 4. The third-order valence-corrected chi connectivity index (χ3v) is 5.01. The van der Waals surface area contributed by atoms with Gasteiger partial charge in [-0.05, 0) is 31.3 Å². The molecule has 0 bridgehead atoms. The van der Waals surface area contributed by atoms with Crippen molar-refractivity contribution in [3.63, 3.8) is 0 Å². The topological polar surface area (TPSA) is 53.6 Å². The van der Waals surface area contributed by atoms with E-state index in [-0.39, 0.29) is 11.6 Å². The van der Waals surface area contributed by atoms with E-state index in [1.165, 1.54) is 11.5 Å². The van der Waals surface area contributed by atoms with Crippen LogP contribution in [0.2, 0.25) is 0 Å². The molecule has 2 fully saturated rings. The fraction of sp³-hybridized carbons (Fsp3) is 0.923. The molecule has 0 radical (unpaired) electrons. The van der Waals surface area contributed by atoms with Crippen LogP contribution in [0.3, 0.4) is 0 Å². The van der Waals surface area contributed by atoms with E-state index in [1.54, 1.807) is 0 Å². The first-order valence-corrected chi connectivity index (χ1v) is 8.34. The Morgan fingerprint density at radius 1 is 1.26 bits per heavy atom. The van der Waals surface area contributed by atoms with Gasteiger partial charge < -0.3 is 15.4 Å². The van der Waals surface area contributed by atoms with Crippen molar-refractivity contribution in [2.24, 2.45) is 0 Å². The van der Waals surface area contributed by atoms with Crippen LogP contribution in [0.15, 0.2) is 0 Å². The first-order chi connectivity index (χ1) is 9.27. The Bertz CT molecular complexity index is 290. The van der Waals surface area contributed by atoms with Gasteiger partial charge >= 0.3 is 6.03 Å². The van der Waals surface area contributed by atoms with Crippen molar-refractivity contribution in [2.45, 2.75) is 25.3 Å². The van der Waals surface area contributed by atoms with Gasteiger partial charge in [0.1, 0.15) is 0 Å². The van der Waals surface area contributed by atoms with Crippen LogP contribution in [0.25, 0.3) is 0 Å². The van der Waals surface area contributed by atoms with Gasteiger partial charge in [-0.1, -0.05) is 0 Å². The van der Waals surface area contributed by atoms with Gasteiger partial charge in [0.05, 0.1) is 13.2 Å². The van der Waals surface area contributed by atoms with E-state index in [0.717, 1.165) is 45.7 Å². The quantitative estimate of drug-likeness (QED) is 0.807. The van der Waals surface area contributed by atoms with Gasteiger partial charge in [0.25, 0.3) is 0 Å². The van der Waals surface area contributed by atoms with Crippen LogP contribution in [0.1, 0.15) is 19.8 Å². The Morgan fingerprint density at radius 2 is 1.95 bits per heavy atom. The van der Waals surface area contributed by atoms with Gasteiger partial charge in [0.2, 0.25) is 0 Å². The number of ether oxygens (including phenoxy) is 1. The number of morpholine rings is 1.